The molecule has 132 valence electrons. The van der Waals surface area contributed by atoms with Gasteiger partial charge in [0.05, 0.1) is 13.7 Å². The van der Waals surface area contributed by atoms with Crippen molar-refractivity contribution in [3.05, 3.63) is 72.2 Å². The van der Waals surface area contributed by atoms with E-state index in [2.05, 4.69) is 15.4 Å². The molecule has 1 aromatic carbocycles. The Morgan fingerprint density at radius 1 is 1.27 bits per heavy atom. The number of nitrogens with one attached hydrogen (secondary N) is 1. The molecule has 0 bridgehead atoms. The van der Waals surface area contributed by atoms with E-state index >= 15 is 0 Å². The lowest BCUT2D eigenvalue weighted by molar-refractivity contribution is -0.117. The molecule has 0 spiro atoms. The van der Waals surface area contributed by atoms with Crippen molar-refractivity contribution in [1.82, 2.24) is 14.8 Å². The van der Waals surface area contributed by atoms with Gasteiger partial charge in [-0.3, -0.25) is 14.5 Å². The lowest BCUT2D eigenvalue weighted by Crippen LogP contribution is -2.15. The van der Waals surface area contributed by atoms with Gasteiger partial charge in [0.2, 0.25) is 5.91 Å². The quantitative estimate of drug-likeness (QED) is 0.743. The molecular formula is C20H20N4O2. The third-order valence-electron chi connectivity index (χ3n) is 4.62. The summed E-state index contributed by atoms with van der Waals surface area (Å²) in [7, 11) is 1.66. The zero-order valence-corrected chi connectivity index (χ0v) is 14.5. The zero-order valence-electron chi connectivity index (χ0n) is 14.5. The van der Waals surface area contributed by atoms with Crippen LogP contribution in [0.25, 0.3) is 0 Å². The molecule has 1 amide bonds. The van der Waals surface area contributed by atoms with Crippen molar-refractivity contribution in [2.45, 2.75) is 18.9 Å². The minimum absolute atomic E-state index is 0.00698. The molecule has 26 heavy (non-hydrogen) atoms. The number of benzene rings is 1. The van der Waals surface area contributed by atoms with E-state index in [0.29, 0.717) is 12.4 Å². The van der Waals surface area contributed by atoms with Gasteiger partial charge in [0.1, 0.15) is 5.75 Å². The van der Waals surface area contributed by atoms with Crippen molar-refractivity contribution in [2.75, 3.05) is 12.4 Å². The van der Waals surface area contributed by atoms with Crippen LogP contribution in [0.3, 0.4) is 0 Å². The first-order chi connectivity index (χ1) is 12.7. The number of carbonyl (C=O) groups is 1. The number of pyridine rings is 1. The minimum atomic E-state index is -0.0326. The highest BCUT2D eigenvalue weighted by Gasteiger charge is 2.45. The van der Waals surface area contributed by atoms with Crippen molar-refractivity contribution >= 4 is 11.7 Å². The van der Waals surface area contributed by atoms with E-state index in [1.165, 1.54) is 0 Å². The molecule has 6 heteroatoms. The van der Waals surface area contributed by atoms with Gasteiger partial charge >= 0.3 is 0 Å². The Hall–Kier alpha value is -3.15. The van der Waals surface area contributed by atoms with E-state index < -0.39 is 0 Å². The highest BCUT2D eigenvalue weighted by atomic mass is 16.5. The fraction of sp³-hybridized carbons (Fsp3) is 0.250. The first-order valence-corrected chi connectivity index (χ1v) is 8.61. The first kappa shape index (κ1) is 16.3. The fourth-order valence-corrected chi connectivity index (χ4v) is 3.22. The largest absolute Gasteiger partial charge is 0.496 e. The van der Waals surface area contributed by atoms with Gasteiger partial charge in [-0.1, -0.05) is 24.3 Å². The third kappa shape index (κ3) is 3.44. The normalized spacial score (nSPS) is 18.3. The maximum Gasteiger partial charge on any atom is 0.229 e. The van der Waals surface area contributed by atoms with Gasteiger partial charge in [0.25, 0.3) is 0 Å². The van der Waals surface area contributed by atoms with Crippen molar-refractivity contribution < 1.29 is 9.53 Å². The van der Waals surface area contributed by atoms with Crippen molar-refractivity contribution in [3.63, 3.8) is 0 Å². The van der Waals surface area contributed by atoms with E-state index in [1.54, 1.807) is 18.0 Å². The number of methoxy groups -OCH3 is 1. The Bertz CT molecular complexity index is 907. The summed E-state index contributed by atoms with van der Waals surface area (Å²) in [6.07, 6.45) is 6.24. The molecule has 4 rings (SSSR count). The van der Waals surface area contributed by atoms with E-state index in [1.807, 2.05) is 54.9 Å². The smallest absolute Gasteiger partial charge is 0.229 e. The second-order valence-electron chi connectivity index (χ2n) is 6.44. The summed E-state index contributed by atoms with van der Waals surface area (Å²) in [5, 5.41) is 7.34. The van der Waals surface area contributed by atoms with Gasteiger partial charge in [-0.2, -0.15) is 5.10 Å². The highest BCUT2D eigenvalue weighted by Crippen LogP contribution is 2.50. The molecule has 6 nitrogen and oxygen atoms in total. The Morgan fingerprint density at radius 2 is 2.15 bits per heavy atom. The molecule has 0 saturated heterocycles. The van der Waals surface area contributed by atoms with E-state index in [4.69, 9.17) is 4.74 Å². The fourth-order valence-electron chi connectivity index (χ4n) is 3.22. The summed E-state index contributed by atoms with van der Waals surface area (Å²) in [6, 6.07) is 13.6. The number of hydrogen-bond donors (Lipinski definition) is 1. The SMILES string of the molecule is COc1ccccc1C1CC1C(=O)Nc1ccn(Cc2cccnc2)n1. The van der Waals surface area contributed by atoms with Gasteiger partial charge < -0.3 is 10.1 Å². The highest BCUT2D eigenvalue weighted by molar-refractivity contribution is 5.94. The summed E-state index contributed by atoms with van der Waals surface area (Å²) in [6.45, 7) is 0.622. The lowest BCUT2D eigenvalue weighted by atomic mass is 10.1. The Balaban J connectivity index is 1.37. The average Bonchev–Trinajstić information content (AvgIpc) is 3.37. The second kappa shape index (κ2) is 7.00. The van der Waals surface area contributed by atoms with Crippen LogP contribution in [0.5, 0.6) is 5.75 Å². The standard InChI is InChI=1S/C20H20N4O2/c1-26-18-7-3-2-6-15(18)16-11-17(16)20(25)22-19-8-10-24(23-19)13-14-5-4-9-21-12-14/h2-10,12,16-17H,11,13H2,1H3,(H,22,23,25). The monoisotopic (exact) mass is 348 g/mol. The van der Waals surface area contributed by atoms with Crippen LogP contribution < -0.4 is 10.1 Å². The number of rotatable bonds is 6. The number of ether oxygens (including phenoxy) is 1. The maximum absolute atomic E-state index is 12.5. The van der Waals surface area contributed by atoms with E-state index in [0.717, 1.165) is 23.3 Å². The summed E-state index contributed by atoms with van der Waals surface area (Å²) in [5.41, 5.74) is 2.16. The van der Waals surface area contributed by atoms with E-state index in [-0.39, 0.29) is 17.7 Å². The summed E-state index contributed by atoms with van der Waals surface area (Å²) in [5.74, 6) is 1.60. The van der Waals surface area contributed by atoms with Gasteiger partial charge in [-0.25, -0.2) is 0 Å². The Morgan fingerprint density at radius 3 is 2.96 bits per heavy atom. The van der Waals surface area contributed by atoms with Gasteiger partial charge in [0, 0.05) is 30.6 Å². The maximum atomic E-state index is 12.5. The summed E-state index contributed by atoms with van der Waals surface area (Å²) >= 11 is 0. The second-order valence-corrected chi connectivity index (χ2v) is 6.44. The van der Waals surface area contributed by atoms with Crippen LogP contribution in [0.1, 0.15) is 23.5 Å². The number of carbonyl (C=O) groups excluding carboxylic acids is 1. The van der Waals surface area contributed by atoms with Crippen LogP contribution in [-0.2, 0) is 11.3 Å². The molecule has 2 atom stereocenters. The molecule has 2 unspecified atom stereocenters. The molecule has 3 aromatic rings. The van der Waals surface area contributed by atoms with Crippen LogP contribution in [0, 0.1) is 5.92 Å². The molecule has 0 radical (unpaired) electrons. The third-order valence-corrected chi connectivity index (χ3v) is 4.62. The molecule has 2 heterocycles. The van der Waals surface area contributed by atoms with Crippen LogP contribution in [-0.4, -0.2) is 27.8 Å². The zero-order chi connectivity index (χ0) is 17.9. The molecule has 2 aromatic heterocycles. The molecule has 1 aliphatic rings. The van der Waals surface area contributed by atoms with Gasteiger partial charge in [-0.05, 0) is 35.6 Å². The Kier molecular flexibility index (Phi) is 4.39. The predicted molar refractivity (Wildman–Crippen MR) is 98.0 cm³/mol. The van der Waals surface area contributed by atoms with Gasteiger partial charge in [-0.15, -0.1) is 0 Å². The van der Waals surface area contributed by atoms with Crippen LogP contribution >= 0.6 is 0 Å². The van der Waals surface area contributed by atoms with Crippen molar-refractivity contribution in [3.8, 4) is 5.75 Å². The van der Waals surface area contributed by atoms with Crippen LogP contribution in [0.2, 0.25) is 0 Å². The summed E-state index contributed by atoms with van der Waals surface area (Å²) in [4.78, 5) is 16.6. The lowest BCUT2D eigenvalue weighted by Gasteiger charge is -2.07. The van der Waals surface area contributed by atoms with E-state index in [9.17, 15) is 4.79 Å². The molecular weight excluding hydrogens is 328 g/mol. The number of nitrogens with zero attached hydrogens (tertiary/aromatic N) is 3. The average molecular weight is 348 g/mol. The van der Waals surface area contributed by atoms with Crippen LogP contribution in [0.4, 0.5) is 5.82 Å². The predicted octanol–water partition coefficient (Wildman–Crippen LogP) is 3.08. The number of amides is 1. The number of hydrogen-bond acceptors (Lipinski definition) is 4. The van der Waals surface area contributed by atoms with Crippen molar-refractivity contribution in [2.24, 2.45) is 5.92 Å². The van der Waals surface area contributed by atoms with Gasteiger partial charge in [0.15, 0.2) is 5.82 Å². The topological polar surface area (TPSA) is 69.0 Å². The first-order valence-electron chi connectivity index (χ1n) is 8.61. The van der Waals surface area contributed by atoms with Crippen molar-refractivity contribution in [1.29, 1.82) is 0 Å². The minimum Gasteiger partial charge on any atom is -0.496 e. The number of anilines is 1. The molecule has 1 saturated carbocycles. The van der Waals surface area contributed by atoms with Crippen LogP contribution in [0.15, 0.2) is 61.1 Å². The molecule has 1 aliphatic carbocycles. The summed E-state index contributed by atoms with van der Waals surface area (Å²) < 4.78 is 7.19. The number of para-hydroxylation sites is 1. The number of aromatic nitrogens is 3. The molecule has 1 N–H and O–H groups in total. The molecule has 1 fully saturated rings. The Labute approximate surface area is 151 Å². The molecule has 0 aliphatic heterocycles.